The Morgan fingerprint density at radius 1 is 0.903 bits per heavy atom. The molecule has 3 rings (SSSR count). The number of nitrogens with one attached hydrogen (secondary N) is 1. The lowest BCUT2D eigenvalue weighted by molar-refractivity contribution is 0.0141. The normalized spacial score (nSPS) is 14.8. The summed E-state index contributed by atoms with van der Waals surface area (Å²) < 4.78 is 32.9. The Morgan fingerprint density at radius 2 is 1.52 bits per heavy atom. The molecule has 0 unspecified atom stereocenters. The summed E-state index contributed by atoms with van der Waals surface area (Å²) in [6.07, 6.45) is -0.392. The number of nitrogens with zero attached hydrogens (tertiary/aromatic N) is 2. The number of hydrogen-bond donors (Lipinski definition) is 1. The zero-order valence-electron chi connectivity index (χ0n) is 17.9. The van der Waals surface area contributed by atoms with E-state index in [4.69, 9.17) is 4.74 Å². The highest BCUT2D eigenvalue weighted by Gasteiger charge is 2.28. The van der Waals surface area contributed by atoms with Crippen LogP contribution in [0.25, 0.3) is 0 Å². The molecule has 0 bridgehead atoms. The Labute approximate surface area is 182 Å². The van der Waals surface area contributed by atoms with Crippen molar-refractivity contribution < 1.29 is 22.7 Å². The van der Waals surface area contributed by atoms with Crippen LogP contribution in [-0.4, -0.2) is 62.0 Å². The zero-order chi connectivity index (χ0) is 22.6. The first kappa shape index (κ1) is 22.6. The van der Waals surface area contributed by atoms with Gasteiger partial charge in [-0.2, -0.15) is 0 Å². The second-order valence-corrected chi connectivity index (χ2v) is 9.94. The number of benzene rings is 2. The summed E-state index contributed by atoms with van der Waals surface area (Å²) in [5.41, 5.74) is 0.110. The fourth-order valence-corrected chi connectivity index (χ4v) is 4.20. The van der Waals surface area contributed by atoms with Crippen molar-refractivity contribution in [1.29, 1.82) is 0 Å². The van der Waals surface area contributed by atoms with Crippen molar-refractivity contribution in [3.05, 3.63) is 60.2 Å². The number of carbonyl (C=O) groups excluding carboxylic acids is 2. The smallest absolute Gasteiger partial charge is 0.410 e. The van der Waals surface area contributed by atoms with Gasteiger partial charge in [-0.3, -0.25) is 9.52 Å². The first-order chi connectivity index (χ1) is 14.5. The van der Waals surface area contributed by atoms with Crippen molar-refractivity contribution >= 4 is 27.7 Å². The van der Waals surface area contributed by atoms with E-state index in [-0.39, 0.29) is 10.8 Å². The molecule has 0 aliphatic carbocycles. The van der Waals surface area contributed by atoms with E-state index in [1.807, 2.05) is 20.8 Å². The van der Waals surface area contributed by atoms with E-state index < -0.39 is 21.7 Å². The molecule has 8 nitrogen and oxygen atoms in total. The highest BCUT2D eigenvalue weighted by atomic mass is 32.2. The van der Waals surface area contributed by atoms with E-state index in [0.717, 1.165) is 0 Å². The molecular formula is C22H27N3O5S. The van der Waals surface area contributed by atoms with Gasteiger partial charge in [0.2, 0.25) is 0 Å². The maximum atomic E-state index is 12.9. The van der Waals surface area contributed by atoms with Crippen LogP contribution in [0.3, 0.4) is 0 Å². The first-order valence-electron chi connectivity index (χ1n) is 10.0. The van der Waals surface area contributed by atoms with Gasteiger partial charge in [-0.15, -0.1) is 0 Å². The van der Waals surface area contributed by atoms with Crippen LogP contribution in [0.2, 0.25) is 0 Å². The van der Waals surface area contributed by atoms with Crippen molar-refractivity contribution in [2.45, 2.75) is 31.3 Å². The maximum absolute atomic E-state index is 12.9. The van der Waals surface area contributed by atoms with E-state index in [0.29, 0.717) is 37.4 Å². The molecule has 31 heavy (non-hydrogen) atoms. The van der Waals surface area contributed by atoms with Crippen molar-refractivity contribution in [3.8, 4) is 0 Å². The van der Waals surface area contributed by atoms with Crippen LogP contribution in [0, 0.1) is 0 Å². The summed E-state index contributed by atoms with van der Waals surface area (Å²) in [5.74, 6) is -0.218. The molecule has 0 saturated carbocycles. The summed E-state index contributed by atoms with van der Waals surface area (Å²) in [4.78, 5) is 28.5. The number of anilines is 1. The van der Waals surface area contributed by atoms with Crippen LogP contribution in [0.4, 0.5) is 10.5 Å². The number of carbonyl (C=O) groups is 2. The highest BCUT2D eigenvalue weighted by Crippen LogP contribution is 2.19. The van der Waals surface area contributed by atoms with Crippen LogP contribution in [0.1, 0.15) is 31.1 Å². The summed E-state index contributed by atoms with van der Waals surface area (Å²) in [6.45, 7) is 6.93. The lowest BCUT2D eigenvalue weighted by Gasteiger charge is -2.35. The van der Waals surface area contributed by atoms with Gasteiger partial charge in [0.15, 0.2) is 0 Å². The van der Waals surface area contributed by atoms with Crippen molar-refractivity contribution in [3.63, 3.8) is 0 Å². The second kappa shape index (κ2) is 8.97. The molecule has 0 radical (unpaired) electrons. The number of piperazine rings is 1. The largest absolute Gasteiger partial charge is 0.444 e. The lowest BCUT2D eigenvalue weighted by atomic mass is 10.1. The van der Waals surface area contributed by atoms with Crippen LogP contribution in [-0.2, 0) is 14.8 Å². The van der Waals surface area contributed by atoms with Crippen molar-refractivity contribution in [1.82, 2.24) is 9.80 Å². The van der Waals surface area contributed by atoms with Crippen LogP contribution >= 0.6 is 0 Å². The Morgan fingerprint density at radius 3 is 2.13 bits per heavy atom. The topological polar surface area (TPSA) is 96.0 Å². The molecule has 0 atom stereocenters. The Balaban J connectivity index is 1.64. The molecule has 0 spiro atoms. The summed E-state index contributed by atoms with van der Waals surface area (Å²) in [6, 6.07) is 14.4. The first-order valence-corrected chi connectivity index (χ1v) is 11.5. The molecule has 2 amide bonds. The highest BCUT2D eigenvalue weighted by molar-refractivity contribution is 7.92. The Hall–Kier alpha value is -3.07. The SMILES string of the molecule is CC(C)(C)OC(=O)N1CCN(C(=O)c2cccc(NS(=O)(=O)c3ccccc3)c2)CC1. The van der Waals surface area contributed by atoms with Gasteiger partial charge in [-0.05, 0) is 51.1 Å². The quantitative estimate of drug-likeness (QED) is 0.780. The third-order valence-electron chi connectivity index (χ3n) is 4.63. The molecule has 1 aliphatic heterocycles. The number of hydrogen-bond acceptors (Lipinski definition) is 5. The summed E-state index contributed by atoms with van der Waals surface area (Å²) in [7, 11) is -3.75. The Bertz CT molecular complexity index is 1040. The minimum Gasteiger partial charge on any atom is -0.444 e. The van der Waals surface area contributed by atoms with Gasteiger partial charge in [0.1, 0.15) is 5.60 Å². The average Bonchev–Trinajstić information content (AvgIpc) is 2.72. The molecule has 1 heterocycles. The van der Waals surface area contributed by atoms with E-state index >= 15 is 0 Å². The van der Waals surface area contributed by atoms with Crippen molar-refractivity contribution in [2.75, 3.05) is 30.9 Å². The number of rotatable bonds is 4. The fraction of sp³-hybridized carbons (Fsp3) is 0.364. The predicted octanol–water partition coefficient (Wildman–Crippen LogP) is 3.18. The molecule has 0 aromatic heterocycles. The lowest BCUT2D eigenvalue weighted by Crippen LogP contribution is -2.51. The van der Waals surface area contributed by atoms with E-state index in [2.05, 4.69) is 4.72 Å². The van der Waals surface area contributed by atoms with Gasteiger partial charge in [0, 0.05) is 37.4 Å². The predicted molar refractivity (Wildman–Crippen MR) is 117 cm³/mol. The van der Waals surface area contributed by atoms with E-state index in [9.17, 15) is 18.0 Å². The van der Waals surface area contributed by atoms with Gasteiger partial charge in [-0.1, -0.05) is 24.3 Å². The monoisotopic (exact) mass is 445 g/mol. The van der Waals surface area contributed by atoms with E-state index in [1.165, 1.54) is 18.2 Å². The molecule has 1 fully saturated rings. The summed E-state index contributed by atoms with van der Waals surface area (Å²) >= 11 is 0. The number of amides is 2. The van der Waals surface area contributed by atoms with Gasteiger partial charge >= 0.3 is 6.09 Å². The third-order valence-corrected chi connectivity index (χ3v) is 6.03. The van der Waals surface area contributed by atoms with Gasteiger partial charge in [0.25, 0.3) is 15.9 Å². The van der Waals surface area contributed by atoms with Crippen LogP contribution < -0.4 is 4.72 Å². The standard InChI is InChI=1S/C22H27N3O5S/c1-22(2,3)30-21(27)25-14-12-24(13-15-25)20(26)17-8-7-9-18(16-17)23-31(28,29)19-10-5-4-6-11-19/h4-11,16,23H,12-15H2,1-3H3. The number of sulfonamides is 1. The maximum Gasteiger partial charge on any atom is 0.410 e. The molecular weight excluding hydrogens is 418 g/mol. The second-order valence-electron chi connectivity index (χ2n) is 8.26. The molecule has 1 aliphatic rings. The van der Waals surface area contributed by atoms with Gasteiger partial charge in [0.05, 0.1) is 4.90 Å². The minimum atomic E-state index is -3.75. The third kappa shape index (κ3) is 5.97. The molecule has 1 N–H and O–H groups in total. The Kier molecular flexibility index (Phi) is 6.54. The fourth-order valence-electron chi connectivity index (χ4n) is 3.13. The average molecular weight is 446 g/mol. The van der Waals surface area contributed by atoms with E-state index in [1.54, 1.807) is 46.2 Å². The molecule has 2 aromatic rings. The van der Waals surface area contributed by atoms with Crippen LogP contribution in [0.5, 0.6) is 0 Å². The van der Waals surface area contributed by atoms with Gasteiger partial charge < -0.3 is 14.5 Å². The van der Waals surface area contributed by atoms with Crippen LogP contribution in [0.15, 0.2) is 59.5 Å². The summed E-state index contributed by atoms with van der Waals surface area (Å²) in [5, 5.41) is 0. The minimum absolute atomic E-state index is 0.144. The molecule has 2 aromatic carbocycles. The molecule has 1 saturated heterocycles. The van der Waals surface area contributed by atoms with Gasteiger partial charge in [-0.25, -0.2) is 13.2 Å². The zero-order valence-corrected chi connectivity index (χ0v) is 18.7. The molecule has 166 valence electrons. The van der Waals surface area contributed by atoms with Crippen molar-refractivity contribution in [2.24, 2.45) is 0 Å². The number of ether oxygens (including phenoxy) is 1. The molecule has 9 heteroatoms.